The molecule has 16 heavy (non-hydrogen) atoms. The number of methoxy groups -OCH3 is 1. The van der Waals surface area contributed by atoms with Crippen molar-refractivity contribution in [2.75, 3.05) is 19.4 Å². The maximum absolute atomic E-state index is 11.5. The second-order valence-electron chi connectivity index (χ2n) is 3.99. The van der Waals surface area contributed by atoms with Crippen LogP contribution in [-0.2, 0) is 11.3 Å². The highest BCUT2D eigenvalue weighted by atomic mass is 16.5. The Hall–Kier alpha value is -1.71. The van der Waals surface area contributed by atoms with Crippen molar-refractivity contribution in [3.05, 3.63) is 23.8 Å². The second-order valence-corrected chi connectivity index (χ2v) is 3.99. The average molecular weight is 220 g/mol. The first-order valence-corrected chi connectivity index (χ1v) is 5.41. The van der Waals surface area contributed by atoms with Gasteiger partial charge in [0.2, 0.25) is 5.91 Å². The number of benzene rings is 1. The van der Waals surface area contributed by atoms with E-state index in [1.54, 1.807) is 13.2 Å². The number of likely N-dealkylation sites (tertiary alicyclic amines) is 1. The topological polar surface area (TPSA) is 55.6 Å². The first-order valence-electron chi connectivity index (χ1n) is 5.41. The molecule has 1 saturated heterocycles. The lowest BCUT2D eigenvalue weighted by atomic mass is 10.1. The van der Waals surface area contributed by atoms with Crippen molar-refractivity contribution in [1.82, 2.24) is 4.90 Å². The first kappa shape index (κ1) is 10.8. The number of hydrogen-bond acceptors (Lipinski definition) is 3. The van der Waals surface area contributed by atoms with Gasteiger partial charge in [-0.05, 0) is 24.6 Å². The summed E-state index contributed by atoms with van der Waals surface area (Å²) in [6, 6.07) is 5.50. The summed E-state index contributed by atoms with van der Waals surface area (Å²) in [5.74, 6) is 0.998. The zero-order chi connectivity index (χ0) is 11.5. The Morgan fingerprint density at radius 3 is 2.94 bits per heavy atom. The van der Waals surface area contributed by atoms with Gasteiger partial charge in [0, 0.05) is 30.8 Å². The molecule has 2 N–H and O–H groups in total. The van der Waals surface area contributed by atoms with Gasteiger partial charge in [-0.3, -0.25) is 4.79 Å². The zero-order valence-corrected chi connectivity index (χ0v) is 9.40. The van der Waals surface area contributed by atoms with Crippen molar-refractivity contribution < 1.29 is 9.53 Å². The number of amides is 1. The number of carbonyl (C=O) groups is 1. The van der Waals surface area contributed by atoms with Crippen LogP contribution in [0.4, 0.5) is 5.69 Å². The Labute approximate surface area is 95.0 Å². The highest BCUT2D eigenvalue weighted by molar-refractivity contribution is 5.78. The number of rotatable bonds is 3. The van der Waals surface area contributed by atoms with Gasteiger partial charge >= 0.3 is 0 Å². The maximum Gasteiger partial charge on any atom is 0.222 e. The fraction of sp³-hybridized carbons (Fsp3) is 0.417. The van der Waals surface area contributed by atoms with E-state index in [-0.39, 0.29) is 5.91 Å². The Kier molecular flexibility index (Phi) is 2.99. The van der Waals surface area contributed by atoms with Gasteiger partial charge < -0.3 is 15.4 Å². The highest BCUT2D eigenvalue weighted by Crippen LogP contribution is 2.24. The summed E-state index contributed by atoms with van der Waals surface area (Å²) >= 11 is 0. The number of carbonyl (C=O) groups excluding carboxylic acids is 1. The molecular weight excluding hydrogens is 204 g/mol. The molecule has 0 radical (unpaired) electrons. The minimum atomic E-state index is 0.212. The van der Waals surface area contributed by atoms with Crippen LogP contribution in [0.2, 0.25) is 0 Å². The summed E-state index contributed by atoms with van der Waals surface area (Å²) in [6.45, 7) is 1.42. The number of hydrogen-bond donors (Lipinski definition) is 1. The lowest BCUT2D eigenvalue weighted by Gasteiger charge is -2.17. The van der Waals surface area contributed by atoms with E-state index in [2.05, 4.69) is 0 Å². The van der Waals surface area contributed by atoms with E-state index >= 15 is 0 Å². The van der Waals surface area contributed by atoms with Gasteiger partial charge in [0.15, 0.2) is 0 Å². The number of nitrogens with two attached hydrogens (primary N) is 1. The van der Waals surface area contributed by atoms with E-state index in [4.69, 9.17) is 10.5 Å². The number of nitrogen functional groups attached to an aromatic ring is 1. The van der Waals surface area contributed by atoms with Crippen molar-refractivity contribution in [2.45, 2.75) is 19.4 Å². The van der Waals surface area contributed by atoms with Crippen LogP contribution in [0.3, 0.4) is 0 Å². The van der Waals surface area contributed by atoms with Crippen molar-refractivity contribution in [1.29, 1.82) is 0 Å². The number of anilines is 1. The van der Waals surface area contributed by atoms with E-state index in [1.807, 2.05) is 17.0 Å². The minimum Gasteiger partial charge on any atom is -0.496 e. The minimum absolute atomic E-state index is 0.212. The van der Waals surface area contributed by atoms with Gasteiger partial charge in [-0.1, -0.05) is 0 Å². The number of ether oxygens (including phenoxy) is 1. The highest BCUT2D eigenvalue weighted by Gasteiger charge is 2.21. The largest absolute Gasteiger partial charge is 0.496 e. The van der Waals surface area contributed by atoms with Gasteiger partial charge in [0.25, 0.3) is 0 Å². The van der Waals surface area contributed by atoms with Crippen LogP contribution in [0.5, 0.6) is 5.75 Å². The molecular formula is C12H16N2O2. The molecule has 4 heteroatoms. The van der Waals surface area contributed by atoms with Crippen molar-refractivity contribution >= 4 is 11.6 Å². The molecule has 0 saturated carbocycles. The van der Waals surface area contributed by atoms with Crippen LogP contribution in [0.25, 0.3) is 0 Å². The van der Waals surface area contributed by atoms with E-state index in [0.29, 0.717) is 18.7 Å². The molecule has 1 amide bonds. The zero-order valence-electron chi connectivity index (χ0n) is 9.40. The van der Waals surface area contributed by atoms with Gasteiger partial charge in [0.05, 0.1) is 7.11 Å². The Bertz CT molecular complexity index is 404. The fourth-order valence-corrected chi connectivity index (χ4v) is 2.00. The molecule has 1 aliphatic rings. The van der Waals surface area contributed by atoms with Crippen molar-refractivity contribution in [3.8, 4) is 5.75 Å². The lowest BCUT2D eigenvalue weighted by Crippen LogP contribution is -2.24. The van der Waals surface area contributed by atoms with Crippen LogP contribution >= 0.6 is 0 Å². The van der Waals surface area contributed by atoms with Crippen molar-refractivity contribution in [2.24, 2.45) is 0 Å². The van der Waals surface area contributed by atoms with E-state index in [9.17, 15) is 4.79 Å². The molecule has 0 bridgehead atoms. The van der Waals surface area contributed by atoms with Crippen LogP contribution in [-0.4, -0.2) is 24.5 Å². The third kappa shape index (κ3) is 2.10. The lowest BCUT2D eigenvalue weighted by molar-refractivity contribution is -0.128. The van der Waals surface area contributed by atoms with E-state index in [1.165, 1.54) is 0 Å². The Balaban J connectivity index is 2.19. The van der Waals surface area contributed by atoms with Gasteiger partial charge in [-0.15, -0.1) is 0 Å². The third-order valence-corrected chi connectivity index (χ3v) is 2.84. The summed E-state index contributed by atoms with van der Waals surface area (Å²) in [7, 11) is 1.63. The predicted octanol–water partition coefficient (Wildman–Crippen LogP) is 1.40. The van der Waals surface area contributed by atoms with Crippen LogP contribution in [0, 0.1) is 0 Å². The Morgan fingerprint density at radius 2 is 2.31 bits per heavy atom. The van der Waals surface area contributed by atoms with Crippen molar-refractivity contribution in [3.63, 3.8) is 0 Å². The summed E-state index contributed by atoms with van der Waals surface area (Å²) in [5.41, 5.74) is 7.40. The van der Waals surface area contributed by atoms with Crippen LogP contribution in [0.15, 0.2) is 18.2 Å². The molecule has 0 spiro atoms. The normalized spacial score (nSPS) is 15.6. The molecule has 0 aliphatic carbocycles. The smallest absolute Gasteiger partial charge is 0.222 e. The standard InChI is InChI=1S/C12H16N2O2/c1-16-11-5-4-10(13)7-9(11)8-14-6-2-3-12(14)15/h4-5,7H,2-3,6,8,13H2,1H3. The second kappa shape index (κ2) is 4.43. The molecule has 1 aromatic rings. The molecule has 1 heterocycles. The molecule has 1 aliphatic heterocycles. The van der Waals surface area contributed by atoms with E-state index in [0.717, 1.165) is 24.3 Å². The summed E-state index contributed by atoms with van der Waals surface area (Å²) in [5, 5.41) is 0. The average Bonchev–Trinajstić information content (AvgIpc) is 2.65. The fourth-order valence-electron chi connectivity index (χ4n) is 2.00. The number of nitrogens with zero attached hydrogens (tertiary/aromatic N) is 1. The van der Waals surface area contributed by atoms with Gasteiger partial charge in [-0.2, -0.15) is 0 Å². The molecule has 0 unspecified atom stereocenters. The van der Waals surface area contributed by atoms with Crippen LogP contribution in [0.1, 0.15) is 18.4 Å². The van der Waals surface area contributed by atoms with Gasteiger partial charge in [-0.25, -0.2) is 0 Å². The maximum atomic E-state index is 11.5. The van der Waals surface area contributed by atoms with E-state index < -0.39 is 0 Å². The third-order valence-electron chi connectivity index (χ3n) is 2.84. The quantitative estimate of drug-likeness (QED) is 0.783. The summed E-state index contributed by atoms with van der Waals surface area (Å²) < 4.78 is 5.25. The predicted molar refractivity (Wildman–Crippen MR) is 62.1 cm³/mol. The molecule has 1 fully saturated rings. The molecule has 0 aromatic heterocycles. The van der Waals surface area contributed by atoms with Crippen LogP contribution < -0.4 is 10.5 Å². The molecule has 2 rings (SSSR count). The molecule has 0 atom stereocenters. The molecule has 4 nitrogen and oxygen atoms in total. The summed E-state index contributed by atoms with van der Waals surface area (Å²) in [6.07, 6.45) is 1.61. The summed E-state index contributed by atoms with van der Waals surface area (Å²) in [4.78, 5) is 13.4. The molecule has 86 valence electrons. The van der Waals surface area contributed by atoms with Gasteiger partial charge in [0.1, 0.15) is 5.75 Å². The molecule has 1 aromatic carbocycles. The SMILES string of the molecule is COc1ccc(N)cc1CN1CCCC1=O. The Morgan fingerprint density at radius 1 is 1.50 bits per heavy atom. The first-order chi connectivity index (χ1) is 7.70. The monoisotopic (exact) mass is 220 g/mol.